The predicted octanol–water partition coefficient (Wildman–Crippen LogP) is 4.64. The number of rotatable bonds is 11. The van der Waals surface area contributed by atoms with Gasteiger partial charge < -0.3 is 21.5 Å². The van der Waals surface area contributed by atoms with Gasteiger partial charge in [0.05, 0.1) is 11.6 Å². The SMILES string of the molecule is CCCN[C@H](CC1CCCCC1)C(=O)C1[C@H]2CCCC[C@H]2C[C@H]1C(=O)NCc1ccc(C(=N)N)c(O)c1. The Hall–Kier alpha value is -2.41. The first-order valence-electron chi connectivity index (χ1n) is 14.6. The van der Waals surface area contributed by atoms with Crippen molar-refractivity contribution in [3.63, 3.8) is 0 Å². The Morgan fingerprint density at radius 2 is 1.84 bits per heavy atom. The molecule has 0 bridgehead atoms. The number of hydrogen-bond donors (Lipinski definition) is 5. The van der Waals surface area contributed by atoms with Gasteiger partial charge in [-0.05, 0) is 67.7 Å². The second-order valence-corrected chi connectivity index (χ2v) is 11.7. The number of amides is 1. The maximum atomic E-state index is 14.2. The summed E-state index contributed by atoms with van der Waals surface area (Å²) >= 11 is 0. The van der Waals surface area contributed by atoms with Crippen molar-refractivity contribution < 1.29 is 14.7 Å². The number of nitrogen functional groups attached to an aromatic ring is 1. The zero-order valence-corrected chi connectivity index (χ0v) is 22.4. The maximum absolute atomic E-state index is 14.2. The van der Waals surface area contributed by atoms with Gasteiger partial charge >= 0.3 is 0 Å². The lowest BCUT2D eigenvalue weighted by Crippen LogP contribution is -2.47. The van der Waals surface area contributed by atoms with Crippen LogP contribution in [0.2, 0.25) is 0 Å². The molecule has 3 saturated carbocycles. The van der Waals surface area contributed by atoms with E-state index in [4.69, 9.17) is 11.1 Å². The Morgan fingerprint density at radius 3 is 2.54 bits per heavy atom. The van der Waals surface area contributed by atoms with Gasteiger partial charge in [0.1, 0.15) is 11.6 Å². The van der Waals surface area contributed by atoms with Crippen molar-refractivity contribution >= 4 is 17.5 Å². The lowest BCUT2D eigenvalue weighted by Gasteiger charge is -2.33. The average molecular weight is 511 g/mol. The lowest BCUT2D eigenvalue weighted by atomic mass is 9.73. The Morgan fingerprint density at radius 1 is 1.11 bits per heavy atom. The van der Waals surface area contributed by atoms with Crippen LogP contribution in [-0.2, 0) is 16.1 Å². The molecule has 7 heteroatoms. The maximum Gasteiger partial charge on any atom is 0.224 e. The van der Waals surface area contributed by atoms with E-state index in [1.54, 1.807) is 18.2 Å². The van der Waals surface area contributed by atoms with Gasteiger partial charge in [-0.3, -0.25) is 15.0 Å². The molecule has 204 valence electrons. The number of amidine groups is 1. The highest BCUT2D eigenvalue weighted by molar-refractivity contribution is 5.97. The molecule has 3 aliphatic carbocycles. The number of hydrogen-bond acceptors (Lipinski definition) is 5. The fourth-order valence-corrected chi connectivity index (χ4v) is 7.29. The highest BCUT2D eigenvalue weighted by Crippen LogP contribution is 2.50. The van der Waals surface area contributed by atoms with E-state index < -0.39 is 0 Å². The molecule has 0 aliphatic heterocycles. The van der Waals surface area contributed by atoms with Crippen molar-refractivity contribution in [3.8, 4) is 5.75 Å². The highest BCUT2D eigenvalue weighted by atomic mass is 16.3. The molecular weight excluding hydrogens is 464 g/mol. The third kappa shape index (κ3) is 6.73. The summed E-state index contributed by atoms with van der Waals surface area (Å²) in [4.78, 5) is 27.8. The highest BCUT2D eigenvalue weighted by Gasteiger charge is 2.51. The van der Waals surface area contributed by atoms with Crippen molar-refractivity contribution in [1.29, 1.82) is 5.41 Å². The summed E-state index contributed by atoms with van der Waals surface area (Å²) in [5.41, 5.74) is 6.53. The van der Waals surface area contributed by atoms with E-state index >= 15 is 0 Å². The van der Waals surface area contributed by atoms with Crippen LogP contribution in [0.3, 0.4) is 0 Å². The largest absolute Gasteiger partial charge is 0.507 e. The first-order chi connectivity index (χ1) is 17.9. The number of phenols is 1. The minimum atomic E-state index is -0.289. The topological polar surface area (TPSA) is 128 Å². The van der Waals surface area contributed by atoms with Crippen molar-refractivity contribution in [2.75, 3.05) is 6.54 Å². The number of fused-ring (bicyclic) bond motifs is 1. The Labute approximate surface area is 221 Å². The van der Waals surface area contributed by atoms with Gasteiger partial charge in [-0.15, -0.1) is 0 Å². The quantitative estimate of drug-likeness (QED) is 0.219. The van der Waals surface area contributed by atoms with E-state index in [1.165, 1.54) is 38.5 Å². The summed E-state index contributed by atoms with van der Waals surface area (Å²) in [5.74, 6) is 0.848. The zero-order valence-electron chi connectivity index (χ0n) is 22.4. The summed E-state index contributed by atoms with van der Waals surface area (Å²) in [6.45, 7) is 3.25. The van der Waals surface area contributed by atoms with Crippen LogP contribution in [0, 0.1) is 35.0 Å². The molecule has 0 aromatic heterocycles. The third-order valence-corrected chi connectivity index (χ3v) is 9.18. The summed E-state index contributed by atoms with van der Waals surface area (Å²) in [6, 6.07) is 4.76. The fraction of sp³-hybridized carbons (Fsp3) is 0.700. The molecule has 3 fully saturated rings. The van der Waals surface area contributed by atoms with Gasteiger partial charge in [0.25, 0.3) is 0 Å². The van der Waals surface area contributed by atoms with Crippen molar-refractivity contribution in [2.45, 2.75) is 96.6 Å². The molecule has 0 spiro atoms. The molecule has 1 aromatic carbocycles. The Kier molecular flexibility index (Phi) is 9.63. The number of benzene rings is 1. The number of Topliss-reactive ketones (excluding diaryl/α,β-unsaturated/α-hetero) is 1. The van der Waals surface area contributed by atoms with Gasteiger partial charge in [-0.25, -0.2) is 0 Å². The molecule has 0 radical (unpaired) electrons. The molecule has 7 nitrogen and oxygen atoms in total. The van der Waals surface area contributed by atoms with Gasteiger partial charge in [0.2, 0.25) is 5.91 Å². The monoisotopic (exact) mass is 510 g/mol. The predicted molar refractivity (Wildman–Crippen MR) is 146 cm³/mol. The van der Waals surface area contributed by atoms with Crippen LogP contribution in [0.4, 0.5) is 0 Å². The normalized spacial score (nSPS) is 26.8. The second kappa shape index (κ2) is 12.9. The van der Waals surface area contributed by atoms with Crippen LogP contribution in [0.25, 0.3) is 0 Å². The van der Waals surface area contributed by atoms with Crippen LogP contribution in [0.1, 0.15) is 95.1 Å². The standard InChI is InChI=1S/C30H46N4O3/c1-2-14-33-25(15-19-8-4-3-5-9-19)28(36)27-22-11-7-6-10-21(22)17-24(27)30(37)34-18-20-12-13-23(29(31)32)26(35)16-20/h12-13,16,19,21-22,24-25,27,33,35H,2-11,14-15,17-18H2,1H3,(H3,31,32)(H,34,37)/t21-,22-,24+,25+,27?/m0/s1. The Balaban J connectivity index is 1.48. The lowest BCUT2D eigenvalue weighted by molar-refractivity contribution is -0.135. The zero-order chi connectivity index (χ0) is 26.4. The number of aromatic hydroxyl groups is 1. The molecule has 1 unspecified atom stereocenters. The smallest absolute Gasteiger partial charge is 0.224 e. The fourth-order valence-electron chi connectivity index (χ4n) is 7.29. The molecule has 1 aromatic rings. The first-order valence-corrected chi connectivity index (χ1v) is 14.6. The van der Waals surface area contributed by atoms with Crippen LogP contribution >= 0.6 is 0 Å². The van der Waals surface area contributed by atoms with Gasteiger partial charge in [-0.2, -0.15) is 0 Å². The van der Waals surface area contributed by atoms with Crippen molar-refractivity contribution in [2.24, 2.45) is 35.3 Å². The number of ketones is 1. The van der Waals surface area contributed by atoms with Crippen LogP contribution in [0.5, 0.6) is 5.75 Å². The minimum Gasteiger partial charge on any atom is -0.507 e. The molecule has 0 saturated heterocycles. The first kappa shape index (κ1) is 27.6. The average Bonchev–Trinajstić information content (AvgIpc) is 3.29. The molecule has 37 heavy (non-hydrogen) atoms. The van der Waals surface area contributed by atoms with Gasteiger partial charge in [0.15, 0.2) is 5.78 Å². The van der Waals surface area contributed by atoms with E-state index in [-0.39, 0.29) is 53.3 Å². The number of phenolic OH excluding ortho intramolecular Hbond substituents is 1. The molecule has 0 heterocycles. The summed E-state index contributed by atoms with van der Waals surface area (Å²) in [5, 5.41) is 24.4. The molecule has 4 rings (SSSR count). The van der Waals surface area contributed by atoms with E-state index in [1.807, 2.05) is 0 Å². The second-order valence-electron chi connectivity index (χ2n) is 11.7. The van der Waals surface area contributed by atoms with Crippen molar-refractivity contribution in [3.05, 3.63) is 29.3 Å². The van der Waals surface area contributed by atoms with E-state index in [0.29, 0.717) is 17.8 Å². The van der Waals surface area contributed by atoms with E-state index in [2.05, 4.69) is 17.6 Å². The number of nitrogens with one attached hydrogen (secondary N) is 3. The molecule has 1 amide bonds. The number of nitrogens with two attached hydrogens (primary N) is 1. The summed E-state index contributed by atoms with van der Waals surface area (Å²) in [6.07, 6.45) is 13.5. The van der Waals surface area contributed by atoms with Crippen LogP contribution < -0.4 is 16.4 Å². The van der Waals surface area contributed by atoms with Crippen LogP contribution in [0.15, 0.2) is 18.2 Å². The summed E-state index contributed by atoms with van der Waals surface area (Å²) in [7, 11) is 0. The Bertz CT molecular complexity index is 958. The molecule has 3 aliphatic rings. The van der Waals surface area contributed by atoms with Gasteiger partial charge in [0, 0.05) is 18.4 Å². The molecule has 5 atom stereocenters. The van der Waals surface area contributed by atoms with Crippen LogP contribution in [-0.4, -0.2) is 35.2 Å². The summed E-state index contributed by atoms with van der Waals surface area (Å²) < 4.78 is 0. The van der Waals surface area contributed by atoms with Crippen molar-refractivity contribution in [1.82, 2.24) is 10.6 Å². The number of carbonyl (C=O) groups excluding carboxylic acids is 2. The van der Waals surface area contributed by atoms with E-state index in [9.17, 15) is 14.7 Å². The third-order valence-electron chi connectivity index (χ3n) is 9.18. The molecule has 6 N–H and O–H groups in total. The van der Waals surface area contributed by atoms with Gasteiger partial charge in [-0.1, -0.05) is 64.4 Å². The minimum absolute atomic E-state index is 0.0465. The molecular formula is C30H46N4O3. The van der Waals surface area contributed by atoms with E-state index in [0.717, 1.165) is 50.6 Å². The number of carbonyl (C=O) groups is 2.